The molecular formula is C11H14Cl2O. The van der Waals surface area contributed by atoms with Gasteiger partial charge in [-0.3, -0.25) is 0 Å². The van der Waals surface area contributed by atoms with Crippen LogP contribution < -0.4 is 4.74 Å². The van der Waals surface area contributed by atoms with E-state index < -0.39 is 0 Å². The smallest absolute Gasteiger partial charge is 0.138 e. The van der Waals surface area contributed by atoms with E-state index in [0.717, 1.165) is 5.56 Å². The first-order valence-electron chi connectivity index (χ1n) is 4.40. The molecule has 0 aromatic heterocycles. The predicted octanol–water partition coefficient (Wildman–Crippen LogP) is 4.30. The fourth-order valence-corrected chi connectivity index (χ4v) is 1.95. The molecule has 78 valence electrons. The molecule has 0 saturated heterocycles. The monoisotopic (exact) mass is 232 g/mol. The molecule has 0 fully saturated rings. The molecule has 0 spiro atoms. The van der Waals surface area contributed by atoms with E-state index in [0.29, 0.717) is 15.8 Å². The van der Waals surface area contributed by atoms with Gasteiger partial charge in [-0.05, 0) is 17.0 Å². The Morgan fingerprint density at radius 3 is 2.07 bits per heavy atom. The van der Waals surface area contributed by atoms with Crippen LogP contribution in [0.25, 0.3) is 0 Å². The molecule has 0 unspecified atom stereocenters. The van der Waals surface area contributed by atoms with Gasteiger partial charge in [-0.2, -0.15) is 0 Å². The van der Waals surface area contributed by atoms with Crippen molar-refractivity contribution >= 4 is 23.2 Å². The molecular weight excluding hydrogens is 219 g/mol. The number of hydrogen-bond acceptors (Lipinski definition) is 1. The van der Waals surface area contributed by atoms with Crippen LogP contribution in [0.3, 0.4) is 0 Å². The van der Waals surface area contributed by atoms with Crippen molar-refractivity contribution in [3.8, 4) is 5.75 Å². The molecule has 1 aromatic rings. The lowest BCUT2D eigenvalue weighted by Gasteiger charge is -2.21. The summed E-state index contributed by atoms with van der Waals surface area (Å²) in [4.78, 5) is 0. The standard InChI is InChI=1S/C11H14Cl2O/c1-11(2,3)7-5-6-8(14-4)10(13)9(7)12/h5-6H,1-4H3. The highest BCUT2D eigenvalue weighted by Gasteiger charge is 2.20. The Labute approximate surface area is 95.0 Å². The zero-order chi connectivity index (χ0) is 10.9. The van der Waals surface area contributed by atoms with Gasteiger partial charge in [-0.1, -0.05) is 50.0 Å². The van der Waals surface area contributed by atoms with E-state index in [9.17, 15) is 0 Å². The van der Waals surface area contributed by atoms with E-state index in [-0.39, 0.29) is 5.41 Å². The lowest BCUT2D eigenvalue weighted by Crippen LogP contribution is -2.12. The van der Waals surface area contributed by atoms with Crippen LogP contribution in [0.4, 0.5) is 0 Å². The second-order valence-corrected chi connectivity index (χ2v) is 4.95. The molecule has 0 aliphatic rings. The van der Waals surface area contributed by atoms with Crippen LogP contribution in [-0.4, -0.2) is 7.11 Å². The Kier molecular flexibility index (Phi) is 3.33. The molecule has 1 rings (SSSR count). The van der Waals surface area contributed by atoms with E-state index in [1.54, 1.807) is 7.11 Å². The third-order valence-corrected chi connectivity index (χ3v) is 2.94. The number of methoxy groups -OCH3 is 1. The zero-order valence-electron chi connectivity index (χ0n) is 8.82. The van der Waals surface area contributed by atoms with E-state index in [1.807, 2.05) is 12.1 Å². The summed E-state index contributed by atoms with van der Waals surface area (Å²) >= 11 is 12.2. The molecule has 0 N–H and O–H groups in total. The quantitative estimate of drug-likeness (QED) is 0.702. The topological polar surface area (TPSA) is 9.23 Å². The van der Waals surface area contributed by atoms with Gasteiger partial charge in [0, 0.05) is 0 Å². The lowest BCUT2D eigenvalue weighted by molar-refractivity contribution is 0.414. The fraction of sp³-hybridized carbons (Fsp3) is 0.455. The molecule has 14 heavy (non-hydrogen) atoms. The molecule has 0 aliphatic carbocycles. The summed E-state index contributed by atoms with van der Waals surface area (Å²) < 4.78 is 5.08. The fourth-order valence-electron chi connectivity index (χ4n) is 1.27. The van der Waals surface area contributed by atoms with Gasteiger partial charge in [-0.15, -0.1) is 0 Å². The van der Waals surface area contributed by atoms with Crippen molar-refractivity contribution in [2.24, 2.45) is 0 Å². The average Bonchev–Trinajstić information content (AvgIpc) is 2.07. The van der Waals surface area contributed by atoms with Gasteiger partial charge in [0.25, 0.3) is 0 Å². The number of halogens is 2. The summed E-state index contributed by atoms with van der Waals surface area (Å²) in [5.41, 5.74) is 1.03. The van der Waals surface area contributed by atoms with Gasteiger partial charge in [0.05, 0.1) is 12.1 Å². The van der Waals surface area contributed by atoms with Crippen molar-refractivity contribution in [3.63, 3.8) is 0 Å². The summed E-state index contributed by atoms with van der Waals surface area (Å²) in [5, 5.41) is 1.07. The van der Waals surface area contributed by atoms with Crippen LogP contribution in [0.1, 0.15) is 26.3 Å². The van der Waals surface area contributed by atoms with Gasteiger partial charge < -0.3 is 4.74 Å². The Balaban J connectivity index is 3.31. The largest absolute Gasteiger partial charge is 0.495 e. The summed E-state index contributed by atoms with van der Waals surface area (Å²) in [6.07, 6.45) is 0. The third-order valence-electron chi connectivity index (χ3n) is 2.07. The van der Waals surface area contributed by atoms with E-state index >= 15 is 0 Å². The maximum Gasteiger partial charge on any atom is 0.138 e. The van der Waals surface area contributed by atoms with Gasteiger partial charge in [0.15, 0.2) is 0 Å². The van der Waals surface area contributed by atoms with Crippen molar-refractivity contribution < 1.29 is 4.74 Å². The van der Waals surface area contributed by atoms with Gasteiger partial charge in [0.2, 0.25) is 0 Å². The third kappa shape index (κ3) is 2.15. The van der Waals surface area contributed by atoms with E-state index in [4.69, 9.17) is 27.9 Å². The number of benzene rings is 1. The maximum atomic E-state index is 6.15. The van der Waals surface area contributed by atoms with Crippen LogP contribution in [0, 0.1) is 0 Å². The van der Waals surface area contributed by atoms with Crippen LogP contribution in [0.5, 0.6) is 5.75 Å². The Hall–Kier alpha value is -0.400. The van der Waals surface area contributed by atoms with E-state index in [2.05, 4.69) is 20.8 Å². The summed E-state index contributed by atoms with van der Waals surface area (Å²) in [7, 11) is 1.58. The highest BCUT2D eigenvalue weighted by atomic mass is 35.5. The molecule has 0 atom stereocenters. The average molecular weight is 233 g/mol. The molecule has 0 radical (unpaired) electrons. The highest BCUT2D eigenvalue weighted by molar-refractivity contribution is 6.43. The van der Waals surface area contributed by atoms with Crippen LogP contribution in [0.15, 0.2) is 12.1 Å². The first-order valence-corrected chi connectivity index (χ1v) is 5.16. The minimum atomic E-state index is -0.00695. The predicted molar refractivity (Wildman–Crippen MR) is 61.7 cm³/mol. The number of ether oxygens (including phenoxy) is 1. The maximum absolute atomic E-state index is 6.15. The SMILES string of the molecule is COc1ccc(C(C)(C)C)c(Cl)c1Cl. The second-order valence-electron chi connectivity index (χ2n) is 4.19. The summed E-state index contributed by atoms with van der Waals surface area (Å²) in [6, 6.07) is 3.79. The Morgan fingerprint density at radius 2 is 1.64 bits per heavy atom. The molecule has 0 heterocycles. The van der Waals surface area contributed by atoms with Crippen LogP contribution in [-0.2, 0) is 5.41 Å². The van der Waals surface area contributed by atoms with Crippen LogP contribution >= 0.6 is 23.2 Å². The molecule has 1 nitrogen and oxygen atoms in total. The first kappa shape index (κ1) is 11.7. The van der Waals surface area contributed by atoms with Crippen molar-refractivity contribution in [2.45, 2.75) is 26.2 Å². The second kappa shape index (κ2) is 4.00. The van der Waals surface area contributed by atoms with Crippen LogP contribution in [0.2, 0.25) is 10.0 Å². The molecule has 1 aromatic carbocycles. The number of hydrogen-bond donors (Lipinski definition) is 0. The Bertz CT molecular complexity index is 340. The minimum Gasteiger partial charge on any atom is -0.495 e. The van der Waals surface area contributed by atoms with Crippen molar-refractivity contribution in [1.82, 2.24) is 0 Å². The molecule has 0 bridgehead atoms. The van der Waals surface area contributed by atoms with Gasteiger partial charge in [0.1, 0.15) is 10.8 Å². The molecule has 0 aliphatic heterocycles. The summed E-state index contributed by atoms with van der Waals surface area (Å²) in [6.45, 7) is 6.28. The lowest BCUT2D eigenvalue weighted by atomic mass is 9.87. The minimum absolute atomic E-state index is 0.00695. The Morgan fingerprint density at radius 1 is 1.07 bits per heavy atom. The highest BCUT2D eigenvalue weighted by Crippen LogP contribution is 2.39. The van der Waals surface area contributed by atoms with E-state index in [1.165, 1.54) is 0 Å². The molecule has 3 heteroatoms. The van der Waals surface area contributed by atoms with Crippen molar-refractivity contribution in [1.29, 1.82) is 0 Å². The van der Waals surface area contributed by atoms with Crippen molar-refractivity contribution in [2.75, 3.05) is 7.11 Å². The number of rotatable bonds is 1. The molecule has 0 saturated carbocycles. The first-order chi connectivity index (χ1) is 6.38. The van der Waals surface area contributed by atoms with Gasteiger partial charge >= 0.3 is 0 Å². The summed E-state index contributed by atoms with van der Waals surface area (Å²) in [5.74, 6) is 0.615. The van der Waals surface area contributed by atoms with Crippen molar-refractivity contribution in [3.05, 3.63) is 27.7 Å². The normalized spacial score (nSPS) is 11.6. The molecule has 0 amide bonds. The van der Waals surface area contributed by atoms with Gasteiger partial charge in [-0.25, -0.2) is 0 Å². The zero-order valence-corrected chi connectivity index (χ0v) is 10.3.